The average Bonchev–Trinajstić information content (AvgIpc) is 3.13. The predicted molar refractivity (Wildman–Crippen MR) is 93.7 cm³/mol. The first-order valence-corrected chi connectivity index (χ1v) is 8.35. The minimum absolute atomic E-state index is 0.156. The van der Waals surface area contributed by atoms with Crippen LogP contribution in [0.15, 0.2) is 36.5 Å². The first-order chi connectivity index (χ1) is 11.4. The molecular weight excluding hydrogens is 326 g/mol. The number of hydrogen-bond donors (Lipinski definition) is 2. The Bertz CT molecular complexity index is 911. The molecule has 0 unspecified atom stereocenters. The third-order valence-electron chi connectivity index (χ3n) is 3.55. The van der Waals surface area contributed by atoms with Gasteiger partial charge in [-0.15, -0.1) is 11.3 Å². The molecule has 124 valence electrons. The van der Waals surface area contributed by atoms with Crippen LogP contribution < -0.4 is 5.32 Å². The molecule has 3 aromatic rings. The van der Waals surface area contributed by atoms with E-state index in [9.17, 15) is 9.59 Å². The van der Waals surface area contributed by atoms with E-state index >= 15 is 0 Å². The van der Waals surface area contributed by atoms with Crippen LogP contribution in [0.25, 0.3) is 10.1 Å². The van der Waals surface area contributed by atoms with Crippen LogP contribution in [0.5, 0.6) is 0 Å². The maximum Gasteiger partial charge on any atom is 0.345 e. The monoisotopic (exact) mass is 343 g/mol. The van der Waals surface area contributed by atoms with Gasteiger partial charge in [0.15, 0.2) is 0 Å². The fourth-order valence-corrected chi connectivity index (χ4v) is 3.24. The van der Waals surface area contributed by atoms with Crippen LogP contribution in [0.1, 0.15) is 35.3 Å². The van der Waals surface area contributed by atoms with Crippen molar-refractivity contribution in [2.75, 3.05) is 5.32 Å². The van der Waals surface area contributed by atoms with Gasteiger partial charge in [0, 0.05) is 22.6 Å². The summed E-state index contributed by atoms with van der Waals surface area (Å²) in [7, 11) is 0. The first kappa shape index (κ1) is 16.2. The maximum atomic E-state index is 12.2. The Kier molecular flexibility index (Phi) is 4.35. The maximum absolute atomic E-state index is 12.2. The molecule has 1 amide bonds. The highest BCUT2D eigenvalue weighted by atomic mass is 32.1. The highest BCUT2D eigenvalue weighted by Crippen LogP contribution is 2.28. The molecule has 0 radical (unpaired) electrons. The molecule has 2 aromatic heterocycles. The number of carboxylic acid groups (broad SMARTS) is 1. The predicted octanol–water partition coefficient (Wildman–Crippen LogP) is 3.56. The van der Waals surface area contributed by atoms with Crippen molar-refractivity contribution in [1.82, 2.24) is 9.78 Å². The molecule has 0 aliphatic rings. The quantitative estimate of drug-likeness (QED) is 0.742. The Labute approximate surface area is 142 Å². The van der Waals surface area contributed by atoms with Crippen molar-refractivity contribution in [1.29, 1.82) is 0 Å². The smallest absolute Gasteiger partial charge is 0.345 e. The Balaban J connectivity index is 1.71. The third kappa shape index (κ3) is 3.46. The van der Waals surface area contributed by atoms with Gasteiger partial charge in [0.1, 0.15) is 4.88 Å². The highest BCUT2D eigenvalue weighted by Gasteiger charge is 2.11. The van der Waals surface area contributed by atoms with Crippen molar-refractivity contribution in [2.24, 2.45) is 0 Å². The van der Waals surface area contributed by atoms with E-state index in [0.717, 1.165) is 10.1 Å². The van der Waals surface area contributed by atoms with Gasteiger partial charge in [-0.05, 0) is 49.6 Å². The summed E-state index contributed by atoms with van der Waals surface area (Å²) in [5, 5.41) is 17.0. The van der Waals surface area contributed by atoms with Crippen molar-refractivity contribution in [3.63, 3.8) is 0 Å². The van der Waals surface area contributed by atoms with Crippen LogP contribution in [-0.4, -0.2) is 26.8 Å². The highest BCUT2D eigenvalue weighted by molar-refractivity contribution is 7.20. The number of nitrogens with one attached hydrogen (secondary N) is 1. The standard InChI is InChI=1S/C17H17N3O3S/c1-10(2)20-6-5-13(19-20)9-16(21)18-12-3-4-14-11(7-12)8-15(24-14)17(22)23/h3-8,10H,9H2,1-2H3,(H,18,21)(H,22,23). The number of benzene rings is 1. The SMILES string of the molecule is CC(C)n1ccc(CC(=O)Nc2ccc3sc(C(=O)O)cc3c2)n1. The summed E-state index contributed by atoms with van der Waals surface area (Å²) >= 11 is 1.22. The summed E-state index contributed by atoms with van der Waals surface area (Å²) in [5.74, 6) is -1.10. The number of thiophene rings is 1. The number of aromatic carboxylic acids is 1. The van der Waals surface area contributed by atoms with Gasteiger partial charge in [0.05, 0.1) is 12.1 Å². The molecular formula is C17H17N3O3S. The molecule has 0 bridgehead atoms. The van der Waals surface area contributed by atoms with E-state index in [2.05, 4.69) is 10.4 Å². The van der Waals surface area contributed by atoms with Gasteiger partial charge in [-0.2, -0.15) is 5.10 Å². The third-order valence-corrected chi connectivity index (χ3v) is 4.65. The zero-order valence-electron chi connectivity index (χ0n) is 13.3. The second-order valence-corrected chi connectivity index (χ2v) is 6.86. The fourth-order valence-electron chi connectivity index (χ4n) is 2.36. The number of carboxylic acids is 1. The lowest BCUT2D eigenvalue weighted by atomic mass is 10.2. The number of aromatic nitrogens is 2. The van der Waals surface area contributed by atoms with E-state index in [1.807, 2.05) is 36.9 Å². The van der Waals surface area contributed by atoms with Crippen LogP contribution in [0, 0.1) is 0 Å². The molecule has 24 heavy (non-hydrogen) atoms. The van der Waals surface area contributed by atoms with Gasteiger partial charge in [-0.3, -0.25) is 9.48 Å². The molecule has 0 atom stereocenters. The Morgan fingerprint density at radius 1 is 1.29 bits per heavy atom. The largest absolute Gasteiger partial charge is 0.477 e. The Hall–Kier alpha value is -2.67. The molecule has 0 fully saturated rings. The number of rotatable bonds is 5. The fraction of sp³-hybridized carbons (Fsp3) is 0.235. The lowest BCUT2D eigenvalue weighted by Crippen LogP contribution is -2.15. The van der Waals surface area contributed by atoms with Crippen LogP contribution in [-0.2, 0) is 11.2 Å². The summed E-state index contributed by atoms with van der Waals surface area (Å²) < 4.78 is 2.69. The molecule has 1 aromatic carbocycles. The molecule has 0 aliphatic heterocycles. The molecule has 3 rings (SSSR count). The van der Waals surface area contributed by atoms with E-state index in [4.69, 9.17) is 5.11 Å². The lowest BCUT2D eigenvalue weighted by molar-refractivity contribution is -0.115. The van der Waals surface area contributed by atoms with Crippen LogP contribution in [0.3, 0.4) is 0 Å². The zero-order valence-corrected chi connectivity index (χ0v) is 14.1. The number of fused-ring (bicyclic) bond motifs is 1. The van der Waals surface area contributed by atoms with Gasteiger partial charge in [0.2, 0.25) is 5.91 Å². The summed E-state index contributed by atoms with van der Waals surface area (Å²) in [4.78, 5) is 23.5. The minimum Gasteiger partial charge on any atom is -0.477 e. The molecule has 6 nitrogen and oxygen atoms in total. The Morgan fingerprint density at radius 3 is 2.75 bits per heavy atom. The van der Waals surface area contributed by atoms with Gasteiger partial charge in [-0.1, -0.05) is 0 Å². The number of carbonyl (C=O) groups is 2. The summed E-state index contributed by atoms with van der Waals surface area (Å²) in [6, 6.07) is 9.07. The van der Waals surface area contributed by atoms with Gasteiger partial charge in [0.25, 0.3) is 0 Å². The number of carbonyl (C=O) groups excluding carboxylic acids is 1. The van der Waals surface area contributed by atoms with E-state index in [0.29, 0.717) is 11.4 Å². The van der Waals surface area contributed by atoms with Crippen LogP contribution in [0.2, 0.25) is 0 Å². The van der Waals surface area contributed by atoms with Crippen molar-refractivity contribution in [2.45, 2.75) is 26.3 Å². The number of amides is 1. The zero-order chi connectivity index (χ0) is 17.3. The van der Waals surface area contributed by atoms with Crippen molar-refractivity contribution >= 4 is 39.0 Å². The molecule has 0 spiro atoms. The summed E-state index contributed by atoms with van der Waals surface area (Å²) in [6.45, 7) is 4.05. The van der Waals surface area contributed by atoms with E-state index in [1.54, 1.807) is 18.2 Å². The number of anilines is 1. The number of nitrogens with zero attached hydrogens (tertiary/aromatic N) is 2. The normalized spacial score (nSPS) is 11.1. The van der Waals surface area contributed by atoms with E-state index in [1.165, 1.54) is 11.3 Å². The second-order valence-electron chi connectivity index (χ2n) is 5.77. The summed E-state index contributed by atoms with van der Waals surface area (Å²) in [6.07, 6.45) is 2.06. The second kappa shape index (κ2) is 6.45. The van der Waals surface area contributed by atoms with Crippen molar-refractivity contribution in [3.05, 3.63) is 47.1 Å². The van der Waals surface area contributed by atoms with Crippen molar-refractivity contribution < 1.29 is 14.7 Å². The number of hydrogen-bond acceptors (Lipinski definition) is 4. The first-order valence-electron chi connectivity index (χ1n) is 7.53. The van der Waals surface area contributed by atoms with E-state index in [-0.39, 0.29) is 23.2 Å². The lowest BCUT2D eigenvalue weighted by Gasteiger charge is -2.05. The van der Waals surface area contributed by atoms with Gasteiger partial charge in [-0.25, -0.2) is 4.79 Å². The van der Waals surface area contributed by atoms with Gasteiger partial charge >= 0.3 is 5.97 Å². The minimum atomic E-state index is -0.942. The van der Waals surface area contributed by atoms with Crippen LogP contribution >= 0.6 is 11.3 Å². The molecule has 2 heterocycles. The van der Waals surface area contributed by atoms with Crippen LogP contribution in [0.4, 0.5) is 5.69 Å². The molecule has 7 heteroatoms. The van der Waals surface area contributed by atoms with E-state index < -0.39 is 5.97 Å². The molecule has 0 saturated heterocycles. The summed E-state index contributed by atoms with van der Waals surface area (Å²) in [5.41, 5.74) is 1.36. The molecule has 0 saturated carbocycles. The van der Waals surface area contributed by atoms with Crippen molar-refractivity contribution in [3.8, 4) is 0 Å². The Morgan fingerprint density at radius 2 is 2.08 bits per heavy atom. The average molecular weight is 343 g/mol. The molecule has 2 N–H and O–H groups in total. The topological polar surface area (TPSA) is 84.2 Å². The van der Waals surface area contributed by atoms with Gasteiger partial charge < -0.3 is 10.4 Å². The molecule has 0 aliphatic carbocycles.